The monoisotopic (exact) mass is 438 g/mol. The molecule has 0 aliphatic carbocycles. The topological polar surface area (TPSA) is 75.2 Å². The number of fused-ring (bicyclic) bond motifs is 1. The molecule has 0 fully saturated rings. The Balaban J connectivity index is 1.37. The standard InChI is InChI=1S/C22H22N4O2S2/c1-14(2)15-7-9-16(10-8-15)21-24-25-22(30-21)23-19(27)11-12-26-17-5-3-4-6-18(17)29-13-20(26)28/h3-10,14H,11-13H2,1-2H3,(H,23,25,27). The lowest BCUT2D eigenvalue weighted by molar-refractivity contribution is -0.117. The summed E-state index contributed by atoms with van der Waals surface area (Å²) in [5.41, 5.74) is 3.11. The van der Waals surface area contributed by atoms with Gasteiger partial charge in [0.2, 0.25) is 16.9 Å². The minimum Gasteiger partial charge on any atom is -0.310 e. The molecule has 3 aromatic rings. The number of carbonyl (C=O) groups is 2. The van der Waals surface area contributed by atoms with Gasteiger partial charge in [-0.1, -0.05) is 61.6 Å². The quantitative estimate of drug-likeness (QED) is 0.599. The maximum Gasteiger partial charge on any atom is 0.237 e. The fourth-order valence-corrected chi connectivity index (χ4v) is 4.90. The van der Waals surface area contributed by atoms with Crippen LogP contribution in [0.2, 0.25) is 0 Å². The average molecular weight is 439 g/mol. The lowest BCUT2D eigenvalue weighted by Gasteiger charge is -2.28. The molecule has 8 heteroatoms. The van der Waals surface area contributed by atoms with Gasteiger partial charge >= 0.3 is 0 Å². The van der Waals surface area contributed by atoms with E-state index in [9.17, 15) is 9.59 Å². The number of nitrogens with one attached hydrogen (secondary N) is 1. The summed E-state index contributed by atoms with van der Waals surface area (Å²) < 4.78 is 0. The van der Waals surface area contributed by atoms with E-state index in [0.717, 1.165) is 21.2 Å². The highest BCUT2D eigenvalue weighted by atomic mass is 32.2. The van der Waals surface area contributed by atoms with Crippen LogP contribution in [0.4, 0.5) is 10.8 Å². The number of rotatable bonds is 6. The molecular formula is C22H22N4O2S2. The van der Waals surface area contributed by atoms with Gasteiger partial charge in [-0.2, -0.15) is 0 Å². The first-order chi connectivity index (χ1) is 14.5. The van der Waals surface area contributed by atoms with Crippen LogP contribution in [0.1, 0.15) is 31.7 Å². The predicted molar refractivity (Wildman–Crippen MR) is 122 cm³/mol. The summed E-state index contributed by atoms with van der Waals surface area (Å²) >= 11 is 2.87. The third-order valence-corrected chi connectivity index (χ3v) is 6.80. The van der Waals surface area contributed by atoms with Crippen LogP contribution in [-0.4, -0.2) is 34.3 Å². The van der Waals surface area contributed by atoms with E-state index in [4.69, 9.17) is 0 Å². The van der Waals surface area contributed by atoms with E-state index in [1.807, 2.05) is 36.4 Å². The molecule has 0 radical (unpaired) electrons. The maximum atomic E-state index is 12.4. The molecule has 2 amide bonds. The van der Waals surface area contributed by atoms with Crippen molar-refractivity contribution in [2.24, 2.45) is 0 Å². The van der Waals surface area contributed by atoms with E-state index in [-0.39, 0.29) is 18.2 Å². The Bertz CT molecular complexity index is 1060. The summed E-state index contributed by atoms with van der Waals surface area (Å²) in [6.07, 6.45) is 0.197. The molecule has 154 valence electrons. The van der Waals surface area contributed by atoms with Gasteiger partial charge in [0.05, 0.1) is 11.4 Å². The zero-order valence-electron chi connectivity index (χ0n) is 16.8. The average Bonchev–Trinajstić information content (AvgIpc) is 3.21. The molecule has 0 atom stereocenters. The normalized spacial score (nSPS) is 13.4. The third-order valence-electron chi connectivity index (χ3n) is 4.87. The van der Waals surface area contributed by atoms with Crippen LogP contribution in [0.3, 0.4) is 0 Å². The van der Waals surface area contributed by atoms with Crippen molar-refractivity contribution in [3.8, 4) is 10.6 Å². The number of thioether (sulfide) groups is 1. The van der Waals surface area contributed by atoms with Crippen LogP contribution in [-0.2, 0) is 9.59 Å². The maximum absolute atomic E-state index is 12.4. The molecule has 1 aliphatic heterocycles. The molecule has 6 nitrogen and oxygen atoms in total. The Morgan fingerprint density at radius 2 is 1.90 bits per heavy atom. The second-order valence-electron chi connectivity index (χ2n) is 7.29. The first-order valence-electron chi connectivity index (χ1n) is 9.77. The molecule has 0 unspecified atom stereocenters. The van der Waals surface area contributed by atoms with E-state index in [1.165, 1.54) is 28.7 Å². The number of para-hydroxylation sites is 1. The van der Waals surface area contributed by atoms with Crippen LogP contribution < -0.4 is 10.2 Å². The number of hydrogen-bond donors (Lipinski definition) is 1. The molecule has 0 saturated carbocycles. The van der Waals surface area contributed by atoms with Gasteiger partial charge < -0.3 is 10.2 Å². The van der Waals surface area contributed by atoms with E-state index >= 15 is 0 Å². The number of amides is 2. The van der Waals surface area contributed by atoms with E-state index in [2.05, 4.69) is 41.5 Å². The summed E-state index contributed by atoms with van der Waals surface area (Å²) in [4.78, 5) is 27.5. The second-order valence-corrected chi connectivity index (χ2v) is 9.28. The van der Waals surface area contributed by atoms with Crippen LogP contribution in [0.15, 0.2) is 53.4 Å². The van der Waals surface area contributed by atoms with Crippen molar-refractivity contribution in [2.75, 3.05) is 22.5 Å². The summed E-state index contributed by atoms with van der Waals surface area (Å²) in [5.74, 6) is 0.708. The molecule has 30 heavy (non-hydrogen) atoms. The van der Waals surface area contributed by atoms with E-state index in [1.54, 1.807) is 4.90 Å². The zero-order chi connectivity index (χ0) is 21.1. The number of anilines is 2. The van der Waals surface area contributed by atoms with Crippen molar-refractivity contribution in [1.82, 2.24) is 10.2 Å². The first kappa shape index (κ1) is 20.6. The van der Waals surface area contributed by atoms with Crippen LogP contribution in [0, 0.1) is 0 Å². The summed E-state index contributed by atoms with van der Waals surface area (Å²) in [6.45, 7) is 4.65. The fraction of sp³-hybridized carbons (Fsp3) is 0.273. The Labute approximate surface area is 183 Å². The number of hydrogen-bond acceptors (Lipinski definition) is 6. The molecule has 0 saturated heterocycles. The van der Waals surface area contributed by atoms with Gasteiger partial charge in [-0.3, -0.25) is 9.59 Å². The molecule has 2 heterocycles. The molecule has 1 aliphatic rings. The summed E-state index contributed by atoms with van der Waals surface area (Å²) in [6, 6.07) is 16.0. The Morgan fingerprint density at radius 3 is 2.67 bits per heavy atom. The van der Waals surface area contributed by atoms with Crippen LogP contribution in [0.5, 0.6) is 0 Å². The number of aromatic nitrogens is 2. The SMILES string of the molecule is CC(C)c1ccc(-c2nnc(NC(=O)CCN3C(=O)CSc4ccccc43)s2)cc1. The highest BCUT2D eigenvalue weighted by Crippen LogP contribution is 2.35. The number of nitrogens with zero attached hydrogens (tertiary/aromatic N) is 3. The second kappa shape index (κ2) is 8.97. The number of carbonyl (C=O) groups excluding carboxylic acids is 2. The predicted octanol–water partition coefficient (Wildman–Crippen LogP) is 4.80. The highest BCUT2D eigenvalue weighted by Gasteiger charge is 2.24. The minimum absolute atomic E-state index is 0.0227. The Hall–Kier alpha value is -2.71. The van der Waals surface area contributed by atoms with Crippen molar-refractivity contribution in [2.45, 2.75) is 31.1 Å². The fourth-order valence-electron chi connectivity index (χ4n) is 3.20. The summed E-state index contributed by atoms with van der Waals surface area (Å²) in [5, 5.41) is 12.3. The molecule has 4 rings (SSSR count). The van der Waals surface area contributed by atoms with Crippen LogP contribution in [0.25, 0.3) is 10.6 Å². The molecule has 0 bridgehead atoms. The molecular weight excluding hydrogens is 416 g/mol. The van der Waals surface area contributed by atoms with Crippen molar-refractivity contribution >= 4 is 45.7 Å². The lowest BCUT2D eigenvalue weighted by Crippen LogP contribution is -2.37. The van der Waals surface area contributed by atoms with Crippen molar-refractivity contribution in [1.29, 1.82) is 0 Å². The zero-order valence-corrected chi connectivity index (χ0v) is 18.4. The van der Waals surface area contributed by atoms with Crippen molar-refractivity contribution in [3.05, 3.63) is 54.1 Å². The van der Waals surface area contributed by atoms with Gasteiger partial charge in [0.15, 0.2) is 0 Å². The van der Waals surface area contributed by atoms with E-state index < -0.39 is 0 Å². The highest BCUT2D eigenvalue weighted by molar-refractivity contribution is 8.00. The Morgan fingerprint density at radius 1 is 1.13 bits per heavy atom. The molecule has 1 N–H and O–H groups in total. The Kier molecular flexibility index (Phi) is 6.15. The minimum atomic E-state index is -0.184. The van der Waals surface area contributed by atoms with Crippen LogP contribution >= 0.6 is 23.1 Å². The summed E-state index contributed by atoms with van der Waals surface area (Å²) in [7, 11) is 0. The van der Waals surface area contributed by atoms with Crippen molar-refractivity contribution < 1.29 is 9.59 Å². The molecule has 2 aromatic carbocycles. The van der Waals surface area contributed by atoms with Gasteiger partial charge in [0.1, 0.15) is 5.01 Å². The molecule has 1 aromatic heterocycles. The van der Waals surface area contributed by atoms with Gasteiger partial charge in [0, 0.05) is 23.4 Å². The van der Waals surface area contributed by atoms with Gasteiger partial charge in [-0.15, -0.1) is 22.0 Å². The van der Waals surface area contributed by atoms with Gasteiger partial charge in [-0.05, 0) is 23.6 Å². The smallest absolute Gasteiger partial charge is 0.237 e. The van der Waals surface area contributed by atoms with Crippen molar-refractivity contribution in [3.63, 3.8) is 0 Å². The number of benzene rings is 2. The van der Waals surface area contributed by atoms with E-state index in [0.29, 0.717) is 23.3 Å². The molecule has 0 spiro atoms. The largest absolute Gasteiger partial charge is 0.310 e. The van der Waals surface area contributed by atoms with Gasteiger partial charge in [0.25, 0.3) is 0 Å². The third kappa shape index (κ3) is 4.55. The lowest BCUT2D eigenvalue weighted by atomic mass is 10.0. The first-order valence-corrected chi connectivity index (χ1v) is 11.6. The van der Waals surface area contributed by atoms with Gasteiger partial charge in [-0.25, -0.2) is 0 Å².